The zero-order chi connectivity index (χ0) is 13.7. The maximum atomic E-state index is 12.0. The van der Waals surface area contributed by atoms with Gasteiger partial charge in [0.15, 0.2) is 0 Å². The summed E-state index contributed by atoms with van der Waals surface area (Å²) in [5.74, 6) is -0.0577. The summed E-state index contributed by atoms with van der Waals surface area (Å²) in [5, 5.41) is 0. The first kappa shape index (κ1) is 13.2. The molecule has 0 atom stereocenters. The highest BCUT2D eigenvalue weighted by Gasteiger charge is 2.17. The Morgan fingerprint density at radius 3 is 2.53 bits per heavy atom. The largest absolute Gasteiger partial charge is 0.356 e. The van der Waals surface area contributed by atoms with Crippen molar-refractivity contribution >= 4 is 10.1 Å². The fraction of sp³-hybridized carbons (Fsp3) is 0.0769. The van der Waals surface area contributed by atoms with Crippen molar-refractivity contribution in [3.63, 3.8) is 0 Å². The predicted molar refractivity (Wildman–Crippen MR) is 70.2 cm³/mol. The van der Waals surface area contributed by atoms with E-state index in [4.69, 9.17) is 4.18 Å². The van der Waals surface area contributed by atoms with Crippen molar-refractivity contribution in [2.75, 3.05) is 0 Å². The lowest BCUT2D eigenvalue weighted by Gasteiger charge is -2.06. The fourth-order valence-corrected chi connectivity index (χ4v) is 2.32. The highest BCUT2D eigenvalue weighted by atomic mass is 32.2. The molecule has 1 aromatic carbocycles. The van der Waals surface area contributed by atoms with Gasteiger partial charge in [-0.15, -0.1) is 6.58 Å². The van der Waals surface area contributed by atoms with Gasteiger partial charge in [0, 0.05) is 12.4 Å². The molecule has 0 saturated heterocycles. The van der Waals surface area contributed by atoms with Crippen LogP contribution in [0.4, 0.5) is 0 Å². The number of benzene rings is 1. The predicted octanol–water partition coefficient (Wildman–Crippen LogP) is 1.97. The molecular weight excluding hydrogens is 264 g/mol. The van der Waals surface area contributed by atoms with E-state index in [1.807, 2.05) is 0 Å². The molecule has 98 valence electrons. The van der Waals surface area contributed by atoms with Gasteiger partial charge in [-0.1, -0.05) is 18.2 Å². The second kappa shape index (κ2) is 5.62. The van der Waals surface area contributed by atoms with Crippen molar-refractivity contribution in [1.29, 1.82) is 0 Å². The van der Waals surface area contributed by atoms with Crippen molar-refractivity contribution in [3.05, 3.63) is 61.1 Å². The SMILES string of the molecule is C=CCc1ccc(S(=O)(=O)Oc2cnccn2)cc1. The van der Waals surface area contributed by atoms with Gasteiger partial charge < -0.3 is 4.18 Å². The Kier molecular flexibility index (Phi) is 3.91. The minimum absolute atomic E-state index is 0.0577. The van der Waals surface area contributed by atoms with E-state index >= 15 is 0 Å². The van der Waals surface area contributed by atoms with Crippen molar-refractivity contribution in [2.24, 2.45) is 0 Å². The first-order valence-corrected chi connectivity index (χ1v) is 6.93. The summed E-state index contributed by atoms with van der Waals surface area (Å²) in [6.45, 7) is 3.62. The maximum Gasteiger partial charge on any atom is 0.340 e. The minimum atomic E-state index is -3.87. The number of rotatable bonds is 5. The Labute approximate surface area is 111 Å². The first-order chi connectivity index (χ1) is 9.12. The van der Waals surface area contributed by atoms with E-state index < -0.39 is 10.1 Å². The Morgan fingerprint density at radius 2 is 1.95 bits per heavy atom. The first-order valence-electron chi connectivity index (χ1n) is 5.52. The average Bonchev–Trinajstić information content (AvgIpc) is 2.40. The number of aromatic nitrogens is 2. The van der Waals surface area contributed by atoms with Gasteiger partial charge in [0.25, 0.3) is 5.88 Å². The minimum Gasteiger partial charge on any atom is -0.356 e. The van der Waals surface area contributed by atoms with Crippen LogP contribution in [0.5, 0.6) is 5.88 Å². The summed E-state index contributed by atoms with van der Waals surface area (Å²) < 4.78 is 28.8. The fourth-order valence-electron chi connectivity index (χ4n) is 1.45. The Balaban J connectivity index is 2.22. The van der Waals surface area contributed by atoms with Crippen LogP contribution in [-0.4, -0.2) is 18.4 Å². The summed E-state index contributed by atoms with van der Waals surface area (Å²) in [4.78, 5) is 7.57. The van der Waals surface area contributed by atoms with Gasteiger partial charge in [0.2, 0.25) is 0 Å². The molecule has 0 unspecified atom stereocenters. The van der Waals surface area contributed by atoms with Crippen LogP contribution in [0.3, 0.4) is 0 Å². The monoisotopic (exact) mass is 276 g/mol. The molecule has 0 aliphatic heterocycles. The summed E-state index contributed by atoms with van der Waals surface area (Å²) >= 11 is 0. The number of nitrogens with zero attached hydrogens (tertiary/aromatic N) is 2. The Morgan fingerprint density at radius 1 is 1.21 bits per heavy atom. The highest BCUT2D eigenvalue weighted by Crippen LogP contribution is 2.16. The molecule has 1 heterocycles. The lowest BCUT2D eigenvalue weighted by molar-refractivity contribution is 0.474. The molecule has 2 rings (SSSR count). The van der Waals surface area contributed by atoms with Crippen LogP contribution in [0.25, 0.3) is 0 Å². The van der Waals surface area contributed by atoms with Gasteiger partial charge >= 0.3 is 10.1 Å². The van der Waals surface area contributed by atoms with Gasteiger partial charge in [-0.25, -0.2) is 4.98 Å². The second-order valence-corrected chi connectivity index (χ2v) is 5.26. The molecule has 0 aliphatic carbocycles. The van der Waals surface area contributed by atoms with Crippen LogP contribution in [0.2, 0.25) is 0 Å². The molecule has 0 amide bonds. The summed E-state index contributed by atoms with van der Waals surface area (Å²) in [6, 6.07) is 6.41. The zero-order valence-electron chi connectivity index (χ0n) is 10.1. The van der Waals surface area contributed by atoms with Crippen molar-refractivity contribution < 1.29 is 12.6 Å². The van der Waals surface area contributed by atoms with E-state index in [9.17, 15) is 8.42 Å². The van der Waals surface area contributed by atoms with Gasteiger partial charge in [-0.2, -0.15) is 8.42 Å². The van der Waals surface area contributed by atoms with Gasteiger partial charge in [-0.3, -0.25) is 4.98 Å². The molecule has 2 aromatic rings. The van der Waals surface area contributed by atoms with Crippen molar-refractivity contribution in [3.8, 4) is 5.88 Å². The van der Waals surface area contributed by atoms with E-state index in [1.54, 1.807) is 18.2 Å². The molecule has 1 aromatic heterocycles. The van der Waals surface area contributed by atoms with Gasteiger partial charge in [-0.05, 0) is 24.1 Å². The van der Waals surface area contributed by atoms with Crippen LogP contribution in [-0.2, 0) is 16.5 Å². The third kappa shape index (κ3) is 3.38. The highest BCUT2D eigenvalue weighted by molar-refractivity contribution is 7.87. The molecule has 0 saturated carbocycles. The average molecular weight is 276 g/mol. The summed E-state index contributed by atoms with van der Waals surface area (Å²) in [7, 11) is -3.87. The third-order valence-corrected chi connectivity index (χ3v) is 3.57. The van der Waals surface area contributed by atoms with Gasteiger partial charge in [0.05, 0.1) is 6.20 Å². The Hall–Kier alpha value is -2.21. The molecule has 19 heavy (non-hydrogen) atoms. The van der Waals surface area contributed by atoms with Crippen molar-refractivity contribution in [2.45, 2.75) is 11.3 Å². The van der Waals surface area contributed by atoms with E-state index in [0.29, 0.717) is 6.42 Å². The summed E-state index contributed by atoms with van der Waals surface area (Å²) in [6.07, 6.45) is 6.47. The molecule has 0 spiro atoms. The summed E-state index contributed by atoms with van der Waals surface area (Å²) in [5.41, 5.74) is 0.980. The lowest BCUT2D eigenvalue weighted by atomic mass is 10.2. The number of hydrogen-bond donors (Lipinski definition) is 0. The topological polar surface area (TPSA) is 69.2 Å². The standard InChI is InChI=1S/C13H12N2O3S/c1-2-3-11-4-6-12(7-5-11)19(16,17)18-13-10-14-8-9-15-13/h2,4-10H,1,3H2. The van der Waals surface area contributed by atoms with E-state index in [1.165, 1.54) is 30.7 Å². The van der Waals surface area contributed by atoms with Crippen LogP contribution < -0.4 is 4.18 Å². The number of allylic oxidation sites excluding steroid dienone is 1. The van der Waals surface area contributed by atoms with Crippen LogP contribution in [0.1, 0.15) is 5.56 Å². The normalized spacial score (nSPS) is 10.9. The molecule has 0 aliphatic rings. The molecule has 0 N–H and O–H groups in total. The molecule has 6 heteroatoms. The number of hydrogen-bond acceptors (Lipinski definition) is 5. The van der Waals surface area contributed by atoms with E-state index in [0.717, 1.165) is 5.56 Å². The molecule has 0 fully saturated rings. The zero-order valence-corrected chi connectivity index (χ0v) is 10.9. The van der Waals surface area contributed by atoms with Crippen LogP contribution in [0.15, 0.2) is 60.4 Å². The Bertz CT molecular complexity index is 652. The molecule has 5 nitrogen and oxygen atoms in total. The quantitative estimate of drug-likeness (QED) is 0.617. The smallest absolute Gasteiger partial charge is 0.340 e. The molecule has 0 radical (unpaired) electrons. The second-order valence-electron chi connectivity index (χ2n) is 3.72. The van der Waals surface area contributed by atoms with E-state index in [-0.39, 0.29) is 10.8 Å². The maximum absolute atomic E-state index is 12.0. The van der Waals surface area contributed by atoms with Crippen LogP contribution >= 0.6 is 0 Å². The third-order valence-electron chi connectivity index (χ3n) is 2.33. The van der Waals surface area contributed by atoms with Gasteiger partial charge in [0.1, 0.15) is 4.90 Å². The van der Waals surface area contributed by atoms with Crippen molar-refractivity contribution in [1.82, 2.24) is 9.97 Å². The van der Waals surface area contributed by atoms with E-state index in [2.05, 4.69) is 16.5 Å². The molecular formula is C13H12N2O3S. The molecule has 0 bridgehead atoms. The lowest BCUT2D eigenvalue weighted by Crippen LogP contribution is -2.10. The van der Waals surface area contributed by atoms with Crippen LogP contribution in [0, 0.1) is 0 Å².